The van der Waals surface area contributed by atoms with Gasteiger partial charge in [-0.3, -0.25) is 0 Å². The quantitative estimate of drug-likeness (QED) is 0.548. The van der Waals surface area contributed by atoms with E-state index in [1.54, 1.807) is 0 Å². The highest BCUT2D eigenvalue weighted by Gasteiger charge is 1.98. The Hall–Kier alpha value is -0.780. The van der Waals surface area contributed by atoms with E-state index in [-0.39, 0.29) is 0 Å². The van der Waals surface area contributed by atoms with Gasteiger partial charge in [-0.05, 0) is 26.2 Å². The van der Waals surface area contributed by atoms with Crippen molar-refractivity contribution in [2.45, 2.75) is 34.1 Å². The van der Waals surface area contributed by atoms with E-state index < -0.39 is 0 Å². The molecule has 0 N–H and O–H groups in total. The molecule has 0 aliphatic heterocycles. The van der Waals surface area contributed by atoms with E-state index in [0.717, 1.165) is 0 Å². The Balaban J connectivity index is 4.26. The van der Waals surface area contributed by atoms with Crippen LogP contribution in [0.3, 0.4) is 0 Å². The molecule has 0 rings (SSSR count). The zero-order valence-electron chi connectivity index (χ0n) is 8.72. The minimum Gasteiger partial charge on any atom is -0.0988 e. The lowest BCUT2D eigenvalue weighted by Gasteiger charge is -2.07. The van der Waals surface area contributed by atoms with Crippen LogP contribution >= 0.6 is 0 Å². The van der Waals surface area contributed by atoms with Crippen molar-refractivity contribution >= 4 is 0 Å². The summed E-state index contributed by atoms with van der Waals surface area (Å²) in [6.07, 6.45) is 7.39. The molecule has 0 bridgehead atoms. The molecular formula is C12H20. The summed E-state index contributed by atoms with van der Waals surface area (Å²) < 4.78 is 0. The van der Waals surface area contributed by atoms with Gasteiger partial charge in [0.25, 0.3) is 0 Å². The van der Waals surface area contributed by atoms with Crippen LogP contribution in [0.15, 0.2) is 36.0 Å². The van der Waals surface area contributed by atoms with Crippen LogP contribution < -0.4 is 0 Å². The van der Waals surface area contributed by atoms with Gasteiger partial charge in [0.1, 0.15) is 0 Å². The van der Waals surface area contributed by atoms with Gasteiger partial charge in [-0.25, -0.2) is 0 Å². The van der Waals surface area contributed by atoms with E-state index in [9.17, 15) is 0 Å². The average Bonchev–Trinajstić information content (AvgIpc) is 2.11. The molecule has 0 saturated carbocycles. The van der Waals surface area contributed by atoms with Gasteiger partial charge >= 0.3 is 0 Å². The van der Waals surface area contributed by atoms with Gasteiger partial charge in [0.15, 0.2) is 0 Å². The van der Waals surface area contributed by atoms with Crippen molar-refractivity contribution in [2.24, 2.45) is 5.92 Å². The summed E-state index contributed by atoms with van der Waals surface area (Å²) in [5, 5.41) is 0. The first kappa shape index (κ1) is 11.2. The summed E-state index contributed by atoms with van der Waals surface area (Å²) in [6, 6.07) is 0. The Morgan fingerprint density at radius 3 is 2.33 bits per heavy atom. The molecule has 0 spiro atoms. The highest BCUT2D eigenvalue weighted by molar-refractivity contribution is 5.22. The molecule has 1 atom stereocenters. The molecule has 0 nitrogen and oxygen atoms in total. The van der Waals surface area contributed by atoms with Crippen molar-refractivity contribution in [3.8, 4) is 0 Å². The predicted octanol–water partition coefficient (Wildman–Crippen LogP) is 4.11. The molecule has 0 aromatic heterocycles. The summed E-state index contributed by atoms with van der Waals surface area (Å²) in [4.78, 5) is 0. The molecule has 0 aromatic carbocycles. The van der Waals surface area contributed by atoms with Crippen LogP contribution in [0.2, 0.25) is 0 Å². The number of rotatable bonds is 4. The summed E-state index contributed by atoms with van der Waals surface area (Å²) in [6.45, 7) is 12.4. The molecule has 0 radical (unpaired) electrons. The molecule has 1 unspecified atom stereocenters. The second kappa shape index (κ2) is 5.82. The zero-order chi connectivity index (χ0) is 9.56. The molecule has 68 valence electrons. The van der Waals surface area contributed by atoms with Crippen LogP contribution in [-0.2, 0) is 0 Å². The maximum absolute atomic E-state index is 3.71. The highest BCUT2D eigenvalue weighted by atomic mass is 14.0. The second-order valence-electron chi connectivity index (χ2n) is 3.33. The van der Waals surface area contributed by atoms with Gasteiger partial charge < -0.3 is 0 Å². The number of allylic oxidation sites excluding steroid dienone is 5. The monoisotopic (exact) mass is 164 g/mol. The molecule has 12 heavy (non-hydrogen) atoms. The molecule has 0 amide bonds. The van der Waals surface area contributed by atoms with Crippen LogP contribution in [0.1, 0.15) is 34.1 Å². The van der Waals surface area contributed by atoms with E-state index in [1.807, 2.05) is 6.08 Å². The third kappa shape index (κ3) is 4.17. The Morgan fingerprint density at radius 2 is 1.92 bits per heavy atom. The first-order valence-electron chi connectivity index (χ1n) is 4.59. The largest absolute Gasteiger partial charge is 0.0988 e. The van der Waals surface area contributed by atoms with Gasteiger partial charge in [-0.15, -0.1) is 0 Å². The van der Waals surface area contributed by atoms with Crippen LogP contribution in [0.4, 0.5) is 0 Å². The molecule has 0 fully saturated rings. The van der Waals surface area contributed by atoms with E-state index in [4.69, 9.17) is 0 Å². The predicted molar refractivity (Wildman–Crippen MR) is 57.2 cm³/mol. The average molecular weight is 164 g/mol. The zero-order valence-corrected chi connectivity index (χ0v) is 8.72. The standard InChI is InChI=1S/C12H20/c1-6-10(3)8-9-12(5)11(4)7-2/h6,8-9,11H,1,7H2,2-5H3. The lowest BCUT2D eigenvalue weighted by atomic mass is 9.99. The first-order valence-corrected chi connectivity index (χ1v) is 4.59. The third-order valence-corrected chi connectivity index (χ3v) is 2.32. The van der Waals surface area contributed by atoms with Crippen LogP contribution in [-0.4, -0.2) is 0 Å². The summed E-state index contributed by atoms with van der Waals surface area (Å²) in [5.74, 6) is 0.693. The van der Waals surface area contributed by atoms with Crippen LogP contribution in [0.5, 0.6) is 0 Å². The van der Waals surface area contributed by atoms with Crippen LogP contribution in [0.25, 0.3) is 0 Å². The lowest BCUT2D eigenvalue weighted by molar-refractivity contribution is 0.655. The Labute approximate surface area is 76.7 Å². The van der Waals surface area contributed by atoms with Gasteiger partial charge in [0.05, 0.1) is 0 Å². The lowest BCUT2D eigenvalue weighted by Crippen LogP contribution is -1.92. The SMILES string of the molecule is C=CC(C)=CC=C(C)C(C)CC. The first-order chi connectivity index (χ1) is 5.61. The molecule has 0 aliphatic carbocycles. The van der Waals surface area contributed by atoms with Gasteiger partial charge in [0.2, 0.25) is 0 Å². The second-order valence-corrected chi connectivity index (χ2v) is 3.33. The van der Waals surface area contributed by atoms with Crippen molar-refractivity contribution in [2.75, 3.05) is 0 Å². The maximum atomic E-state index is 3.71. The maximum Gasteiger partial charge on any atom is -0.0234 e. The normalized spacial score (nSPS) is 16.0. The fourth-order valence-electron chi connectivity index (χ4n) is 0.817. The molecular weight excluding hydrogens is 144 g/mol. The Kier molecular flexibility index (Phi) is 5.44. The summed E-state index contributed by atoms with van der Waals surface area (Å²) in [7, 11) is 0. The van der Waals surface area contributed by atoms with Gasteiger partial charge in [-0.1, -0.05) is 49.8 Å². The number of hydrogen-bond acceptors (Lipinski definition) is 0. The van der Waals surface area contributed by atoms with E-state index in [0.29, 0.717) is 5.92 Å². The van der Waals surface area contributed by atoms with Crippen molar-refractivity contribution in [3.63, 3.8) is 0 Å². The molecule has 0 heterocycles. The van der Waals surface area contributed by atoms with Crippen molar-refractivity contribution in [1.29, 1.82) is 0 Å². The molecule has 0 aliphatic rings. The van der Waals surface area contributed by atoms with Crippen LogP contribution in [0, 0.1) is 5.92 Å². The van der Waals surface area contributed by atoms with E-state index in [2.05, 4.69) is 46.4 Å². The third-order valence-electron chi connectivity index (χ3n) is 2.32. The Bertz CT molecular complexity index is 194. The molecule has 0 heteroatoms. The van der Waals surface area contributed by atoms with E-state index >= 15 is 0 Å². The topological polar surface area (TPSA) is 0 Å². The molecule has 0 saturated heterocycles. The van der Waals surface area contributed by atoms with Gasteiger partial charge in [-0.2, -0.15) is 0 Å². The van der Waals surface area contributed by atoms with Crippen molar-refractivity contribution in [3.05, 3.63) is 36.0 Å². The Morgan fingerprint density at radius 1 is 1.33 bits per heavy atom. The molecule has 0 aromatic rings. The number of hydrogen-bond donors (Lipinski definition) is 0. The minimum atomic E-state index is 0.693. The summed E-state index contributed by atoms with van der Waals surface area (Å²) in [5.41, 5.74) is 2.66. The van der Waals surface area contributed by atoms with Crippen molar-refractivity contribution in [1.82, 2.24) is 0 Å². The fourth-order valence-corrected chi connectivity index (χ4v) is 0.817. The van der Waals surface area contributed by atoms with Crippen molar-refractivity contribution < 1.29 is 0 Å². The van der Waals surface area contributed by atoms with E-state index in [1.165, 1.54) is 17.6 Å². The highest BCUT2D eigenvalue weighted by Crippen LogP contribution is 2.13. The minimum absolute atomic E-state index is 0.693. The summed E-state index contributed by atoms with van der Waals surface area (Å²) >= 11 is 0. The fraction of sp³-hybridized carbons (Fsp3) is 0.500. The van der Waals surface area contributed by atoms with Gasteiger partial charge in [0, 0.05) is 0 Å². The smallest absolute Gasteiger partial charge is 0.0234 e.